The Labute approximate surface area is 104 Å². The molecule has 0 saturated carbocycles. The molecule has 0 bridgehead atoms. The molecular formula is C10H11BrF3NO2. The summed E-state index contributed by atoms with van der Waals surface area (Å²) in [5, 5.41) is 20.6. The van der Waals surface area contributed by atoms with Crippen LogP contribution in [-0.2, 0) is 6.54 Å². The summed E-state index contributed by atoms with van der Waals surface area (Å²) in [5.41, 5.74) is 0.453. The van der Waals surface area contributed by atoms with Gasteiger partial charge in [-0.2, -0.15) is 13.2 Å². The van der Waals surface area contributed by atoms with Crippen molar-refractivity contribution >= 4 is 15.9 Å². The maximum absolute atomic E-state index is 12.0. The number of aliphatic hydroxyl groups is 1. The van der Waals surface area contributed by atoms with Crippen LogP contribution in [0.1, 0.15) is 5.56 Å². The highest BCUT2D eigenvalue weighted by Crippen LogP contribution is 2.22. The van der Waals surface area contributed by atoms with Crippen LogP contribution in [0.25, 0.3) is 0 Å². The van der Waals surface area contributed by atoms with Crippen LogP contribution in [0.2, 0.25) is 0 Å². The lowest BCUT2D eigenvalue weighted by molar-refractivity contribution is -0.201. The Morgan fingerprint density at radius 2 is 2.00 bits per heavy atom. The summed E-state index contributed by atoms with van der Waals surface area (Å²) in [5.74, 6) is -0.0119. The van der Waals surface area contributed by atoms with Gasteiger partial charge in [0.05, 0.1) is 0 Å². The van der Waals surface area contributed by atoms with E-state index >= 15 is 0 Å². The summed E-state index contributed by atoms with van der Waals surface area (Å²) in [6.07, 6.45) is -7.04. The van der Waals surface area contributed by atoms with Crippen LogP contribution in [-0.4, -0.2) is 29.0 Å². The smallest absolute Gasteiger partial charge is 0.415 e. The molecule has 0 aliphatic carbocycles. The summed E-state index contributed by atoms with van der Waals surface area (Å²) in [6, 6.07) is 4.63. The van der Waals surface area contributed by atoms with Gasteiger partial charge in [-0.25, -0.2) is 0 Å². The molecule has 0 aliphatic heterocycles. The normalized spacial score (nSPS) is 13.7. The van der Waals surface area contributed by atoms with Crippen LogP contribution >= 0.6 is 15.9 Å². The maximum Gasteiger partial charge on any atom is 0.415 e. The Hall–Kier alpha value is -0.790. The van der Waals surface area contributed by atoms with Crippen LogP contribution < -0.4 is 5.32 Å². The number of phenols is 1. The molecule has 1 aromatic carbocycles. The van der Waals surface area contributed by atoms with Crippen molar-refractivity contribution in [3.63, 3.8) is 0 Å². The van der Waals surface area contributed by atoms with E-state index in [4.69, 9.17) is 5.11 Å². The molecule has 3 nitrogen and oxygen atoms in total. The highest BCUT2D eigenvalue weighted by Gasteiger charge is 2.37. The average Bonchev–Trinajstić information content (AvgIpc) is 2.21. The second kappa shape index (κ2) is 5.70. The van der Waals surface area contributed by atoms with E-state index in [2.05, 4.69) is 21.2 Å². The highest BCUT2D eigenvalue weighted by molar-refractivity contribution is 9.10. The SMILES string of the molecule is Oc1ccc(Br)cc1CNCC(O)C(F)(F)F. The minimum Gasteiger partial charge on any atom is -0.508 e. The van der Waals surface area contributed by atoms with Gasteiger partial charge in [0.1, 0.15) is 5.75 Å². The van der Waals surface area contributed by atoms with Gasteiger partial charge in [0, 0.05) is 23.1 Å². The Morgan fingerprint density at radius 1 is 1.35 bits per heavy atom. The lowest BCUT2D eigenvalue weighted by atomic mass is 10.2. The Morgan fingerprint density at radius 3 is 2.59 bits per heavy atom. The zero-order valence-electron chi connectivity index (χ0n) is 8.63. The Bertz CT molecular complexity index is 384. The largest absolute Gasteiger partial charge is 0.508 e. The third-order valence-corrected chi connectivity index (χ3v) is 2.57. The van der Waals surface area contributed by atoms with E-state index in [0.717, 1.165) is 0 Å². The molecule has 1 unspecified atom stereocenters. The molecular weight excluding hydrogens is 303 g/mol. The van der Waals surface area contributed by atoms with Gasteiger partial charge in [0.25, 0.3) is 0 Å². The van der Waals surface area contributed by atoms with Gasteiger partial charge in [-0.3, -0.25) is 0 Å². The molecule has 3 N–H and O–H groups in total. The lowest BCUT2D eigenvalue weighted by Gasteiger charge is -2.15. The molecule has 0 saturated heterocycles. The molecule has 96 valence electrons. The summed E-state index contributed by atoms with van der Waals surface area (Å²) in [4.78, 5) is 0. The number of halogens is 4. The van der Waals surface area contributed by atoms with Crippen molar-refractivity contribution in [3.8, 4) is 5.75 Å². The summed E-state index contributed by atoms with van der Waals surface area (Å²) >= 11 is 3.18. The zero-order chi connectivity index (χ0) is 13.1. The molecule has 0 aromatic heterocycles. The molecule has 1 atom stereocenters. The number of phenolic OH excluding ortho intramolecular Hbond substituents is 1. The molecule has 0 aliphatic rings. The number of hydrogen-bond acceptors (Lipinski definition) is 3. The Balaban J connectivity index is 2.49. The molecule has 7 heteroatoms. The fraction of sp³-hybridized carbons (Fsp3) is 0.400. The average molecular weight is 314 g/mol. The van der Waals surface area contributed by atoms with E-state index in [1.54, 1.807) is 12.1 Å². The van der Waals surface area contributed by atoms with Crippen LogP contribution in [0.4, 0.5) is 13.2 Å². The molecule has 0 radical (unpaired) electrons. The Kier molecular flexibility index (Phi) is 4.79. The van der Waals surface area contributed by atoms with Crippen LogP contribution in [0, 0.1) is 0 Å². The monoisotopic (exact) mass is 313 g/mol. The van der Waals surface area contributed by atoms with E-state index in [0.29, 0.717) is 10.0 Å². The second-order valence-electron chi connectivity index (χ2n) is 3.46. The fourth-order valence-corrected chi connectivity index (χ4v) is 1.56. The van der Waals surface area contributed by atoms with E-state index < -0.39 is 18.8 Å². The van der Waals surface area contributed by atoms with Crippen molar-refractivity contribution in [2.75, 3.05) is 6.54 Å². The van der Waals surface area contributed by atoms with Crippen LogP contribution in [0.3, 0.4) is 0 Å². The van der Waals surface area contributed by atoms with E-state index in [1.807, 2.05) is 0 Å². The van der Waals surface area contributed by atoms with Gasteiger partial charge < -0.3 is 15.5 Å². The molecule has 0 amide bonds. The summed E-state index contributed by atoms with van der Waals surface area (Å²) in [7, 11) is 0. The first-order valence-electron chi connectivity index (χ1n) is 4.73. The van der Waals surface area contributed by atoms with Crippen molar-refractivity contribution in [1.29, 1.82) is 0 Å². The van der Waals surface area contributed by atoms with E-state index in [1.165, 1.54) is 6.07 Å². The lowest BCUT2D eigenvalue weighted by Crippen LogP contribution is -2.38. The van der Waals surface area contributed by atoms with Gasteiger partial charge in [-0.1, -0.05) is 15.9 Å². The first-order chi connectivity index (χ1) is 7.80. The molecule has 0 fully saturated rings. The van der Waals surface area contributed by atoms with E-state index in [-0.39, 0.29) is 12.3 Å². The zero-order valence-corrected chi connectivity index (χ0v) is 10.2. The van der Waals surface area contributed by atoms with Crippen LogP contribution in [0.15, 0.2) is 22.7 Å². The maximum atomic E-state index is 12.0. The number of hydrogen-bond donors (Lipinski definition) is 3. The fourth-order valence-electron chi connectivity index (χ4n) is 1.15. The number of nitrogens with one attached hydrogen (secondary N) is 1. The predicted octanol–water partition coefficient (Wildman–Crippen LogP) is 2.17. The van der Waals surface area contributed by atoms with Gasteiger partial charge in [-0.05, 0) is 18.2 Å². The van der Waals surface area contributed by atoms with Crippen molar-refractivity contribution in [2.24, 2.45) is 0 Å². The molecule has 17 heavy (non-hydrogen) atoms. The second-order valence-corrected chi connectivity index (χ2v) is 4.38. The third-order valence-electron chi connectivity index (χ3n) is 2.07. The van der Waals surface area contributed by atoms with E-state index in [9.17, 15) is 18.3 Å². The van der Waals surface area contributed by atoms with Gasteiger partial charge in [0.2, 0.25) is 0 Å². The van der Waals surface area contributed by atoms with Gasteiger partial charge >= 0.3 is 6.18 Å². The van der Waals surface area contributed by atoms with Crippen molar-refractivity contribution in [2.45, 2.75) is 18.8 Å². The topological polar surface area (TPSA) is 52.5 Å². The number of rotatable bonds is 4. The van der Waals surface area contributed by atoms with Crippen molar-refractivity contribution in [1.82, 2.24) is 5.32 Å². The number of alkyl halides is 3. The van der Waals surface area contributed by atoms with Gasteiger partial charge in [-0.15, -0.1) is 0 Å². The molecule has 0 spiro atoms. The standard InChI is InChI=1S/C10H11BrF3NO2/c11-7-1-2-8(16)6(3-7)4-15-5-9(17)10(12,13)14/h1-3,9,15-17H,4-5H2. The third kappa shape index (κ3) is 4.53. The first-order valence-corrected chi connectivity index (χ1v) is 5.53. The van der Waals surface area contributed by atoms with Crippen LogP contribution in [0.5, 0.6) is 5.75 Å². The van der Waals surface area contributed by atoms with Crippen molar-refractivity contribution < 1.29 is 23.4 Å². The minimum atomic E-state index is -4.63. The predicted molar refractivity (Wildman–Crippen MR) is 59.6 cm³/mol. The summed E-state index contributed by atoms with van der Waals surface area (Å²) in [6.45, 7) is -0.576. The molecule has 1 rings (SSSR count). The molecule has 1 aromatic rings. The van der Waals surface area contributed by atoms with Gasteiger partial charge in [0.15, 0.2) is 6.10 Å². The van der Waals surface area contributed by atoms with Crippen molar-refractivity contribution in [3.05, 3.63) is 28.2 Å². The minimum absolute atomic E-state index is 0.0119. The number of aliphatic hydroxyl groups excluding tert-OH is 1. The summed E-state index contributed by atoms with van der Waals surface area (Å²) < 4.78 is 36.6. The highest BCUT2D eigenvalue weighted by atomic mass is 79.9. The number of benzene rings is 1. The quantitative estimate of drug-likeness (QED) is 0.798. The number of aromatic hydroxyl groups is 1. The first kappa shape index (κ1) is 14.3. The molecule has 0 heterocycles.